The number of carboxylic acids is 1. The predicted molar refractivity (Wildman–Crippen MR) is 52.2 cm³/mol. The van der Waals surface area contributed by atoms with Crippen LogP contribution in [0.15, 0.2) is 18.2 Å². The fourth-order valence-electron chi connectivity index (χ4n) is 2.82. The molecule has 0 radical (unpaired) electrons. The average Bonchev–Trinajstić information content (AvgIpc) is 2.82. The van der Waals surface area contributed by atoms with Crippen molar-refractivity contribution in [2.24, 2.45) is 11.8 Å². The molecule has 0 bridgehead atoms. The summed E-state index contributed by atoms with van der Waals surface area (Å²) in [5.41, 5.74) is 2.98. The lowest BCUT2D eigenvalue weighted by atomic mass is 10.00. The lowest BCUT2D eigenvalue weighted by Gasteiger charge is -2.04. The summed E-state index contributed by atoms with van der Waals surface area (Å²) in [4.78, 5) is 10.9. The Labute approximate surface area is 87.0 Å². The van der Waals surface area contributed by atoms with Crippen molar-refractivity contribution in [3.05, 3.63) is 34.9 Å². The van der Waals surface area contributed by atoms with E-state index in [1.807, 2.05) is 12.1 Å². The second kappa shape index (κ2) is 2.60. The molecule has 1 saturated carbocycles. The highest BCUT2D eigenvalue weighted by molar-refractivity contribution is 5.77. The number of carbonyl (C=O) groups is 1. The number of carboxylic acid groups (broad SMARTS) is 1. The molecule has 1 aromatic carbocycles. The minimum Gasteiger partial charge on any atom is -0.481 e. The predicted octanol–water partition coefficient (Wildman–Crippen LogP) is 1.53. The third-order valence-corrected chi connectivity index (χ3v) is 3.54. The topological polar surface area (TPSA) is 61.1 Å². The molecule has 2 aliphatic rings. The summed E-state index contributed by atoms with van der Waals surface area (Å²) in [5.74, 6) is -0.359. The van der Waals surface area contributed by atoms with Crippen molar-refractivity contribution in [1.82, 2.24) is 0 Å². The van der Waals surface area contributed by atoms with E-state index < -0.39 is 5.97 Å². The van der Waals surface area contributed by atoms with Gasteiger partial charge < -0.3 is 5.11 Å². The number of hydrogen-bond donors (Lipinski definition) is 1. The molecule has 15 heavy (non-hydrogen) atoms. The number of aliphatic carboxylic acids is 1. The van der Waals surface area contributed by atoms with Gasteiger partial charge in [-0.1, -0.05) is 6.07 Å². The number of nitriles is 1. The molecule has 0 amide bonds. The summed E-state index contributed by atoms with van der Waals surface area (Å²) in [6.07, 6.45) is 0.826. The quantitative estimate of drug-likeness (QED) is 0.746. The Morgan fingerprint density at radius 2 is 2.33 bits per heavy atom. The van der Waals surface area contributed by atoms with Crippen LogP contribution < -0.4 is 0 Å². The first kappa shape index (κ1) is 8.49. The molecule has 0 heterocycles. The van der Waals surface area contributed by atoms with Gasteiger partial charge in [-0.25, -0.2) is 0 Å². The Morgan fingerprint density at radius 1 is 1.53 bits per heavy atom. The lowest BCUT2D eigenvalue weighted by molar-refractivity contribution is -0.139. The Morgan fingerprint density at radius 3 is 3.00 bits per heavy atom. The van der Waals surface area contributed by atoms with Gasteiger partial charge in [-0.3, -0.25) is 4.79 Å². The molecule has 74 valence electrons. The van der Waals surface area contributed by atoms with Gasteiger partial charge in [0.25, 0.3) is 0 Å². The molecular formula is C12H9NO2. The SMILES string of the molecule is N#Cc1ccc2c(c1)C[C@H]1C(C(=O)O)[C@@H]21. The number of rotatable bonds is 1. The molecule has 1 aromatic rings. The summed E-state index contributed by atoms with van der Waals surface area (Å²) in [6, 6.07) is 7.69. The fraction of sp³-hybridized carbons (Fsp3) is 0.333. The van der Waals surface area contributed by atoms with E-state index in [1.54, 1.807) is 6.07 Å². The number of fused-ring (bicyclic) bond motifs is 3. The minimum atomic E-state index is -0.681. The zero-order valence-corrected chi connectivity index (χ0v) is 7.97. The standard InChI is InChI=1S/C12H9NO2/c13-5-6-1-2-8-7(3-6)4-9-10(8)11(9)12(14)15/h1-3,9-11H,4H2,(H,14,15)/t9-,10+,11?/m1/s1. The highest BCUT2D eigenvalue weighted by Gasteiger charge is 2.59. The summed E-state index contributed by atoms with van der Waals surface area (Å²) >= 11 is 0. The van der Waals surface area contributed by atoms with E-state index in [0.717, 1.165) is 12.0 Å². The van der Waals surface area contributed by atoms with Gasteiger partial charge in [0.05, 0.1) is 17.6 Å². The van der Waals surface area contributed by atoms with Gasteiger partial charge in [0.2, 0.25) is 0 Å². The van der Waals surface area contributed by atoms with E-state index in [4.69, 9.17) is 10.4 Å². The average molecular weight is 199 g/mol. The van der Waals surface area contributed by atoms with Crippen LogP contribution in [0.1, 0.15) is 22.6 Å². The maximum Gasteiger partial charge on any atom is 0.307 e. The highest BCUT2D eigenvalue weighted by atomic mass is 16.4. The summed E-state index contributed by atoms with van der Waals surface area (Å²) in [6.45, 7) is 0. The summed E-state index contributed by atoms with van der Waals surface area (Å²) in [7, 11) is 0. The largest absolute Gasteiger partial charge is 0.481 e. The van der Waals surface area contributed by atoms with Gasteiger partial charge in [-0.05, 0) is 35.6 Å². The van der Waals surface area contributed by atoms with Crippen LogP contribution in [0, 0.1) is 23.2 Å². The molecule has 1 N–H and O–H groups in total. The van der Waals surface area contributed by atoms with Gasteiger partial charge >= 0.3 is 5.97 Å². The number of hydrogen-bond acceptors (Lipinski definition) is 2. The first-order valence-electron chi connectivity index (χ1n) is 4.98. The maximum atomic E-state index is 10.9. The van der Waals surface area contributed by atoms with Crippen molar-refractivity contribution in [2.45, 2.75) is 12.3 Å². The molecule has 1 unspecified atom stereocenters. The van der Waals surface area contributed by atoms with Crippen LogP contribution in [-0.4, -0.2) is 11.1 Å². The second-order valence-corrected chi connectivity index (χ2v) is 4.28. The van der Waals surface area contributed by atoms with Crippen molar-refractivity contribution in [3.8, 4) is 6.07 Å². The molecule has 3 heteroatoms. The second-order valence-electron chi connectivity index (χ2n) is 4.28. The fourth-order valence-corrected chi connectivity index (χ4v) is 2.82. The van der Waals surface area contributed by atoms with Crippen LogP contribution in [0.5, 0.6) is 0 Å². The van der Waals surface area contributed by atoms with E-state index >= 15 is 0 Å². The van der Waals surface area contributed by atoms with Crippen molar-refractivity contribution in [1.29, 1.82) is 5.26 Å². The zero-order chi connectivity index (χ0) is 10.6. The molecule has 0 saturated heterocycles. The maximum absolute atomic E-state index is 10.9. The van der Waals surface area contributed by atoms with Gasteiger partial charge in [0, 0.05) is 5.92 Å². The van der Waals surface area contributed by atoms with Crippen molar-refractivity contribution < 1.29 is 9.90 Å². The normalized spacial score (nSPS) is 30.2. The Bertz CT molecular complexity index is 501. The monoisotopic (exact) mass is 199 g/mol. The van der Waals surface area contributed by atoms with Crippen molar-refractivity contribution in [3.63, 3.8) is 0 Å². The molecule has 1 fully saturated rings. The third kappa shape index (κ3) is 1.02. The van der Waals surface area contributed by atoms with Gasteiger partial charge in [0.15, 0.2) is 0 Å². The molecule has 3 atom stereocenters. The zero-order valence-electron chi connectivity index (χ0n) is 7.97. The summed E-state index contributed by atoms with van der Waals surface area (Å²) < 4.78 is 0. The Balaban J connectivity index is 1.98. The van der Waals surface area contributed by atoms with Crippen molar-refractivity contribution in [2.75, 3.05) is 0 Å². The molecule has 3 rings (SSSR count). The number of benzene rings is 1. The molecule has 3 nitrogen and oxygen atoms in total. The van der Waals surface area contributed by atoms with Crippen LogP contribution in [0.4, 0.5) is 0 Å². The van der Waals surface area contributed by atoms with Crippen LogP contribution in [0.25, 0.3) is 0 Å². The smallest absolute Gasteiger partial charge is 0.307 e. The van der Waals surface area contributed by atoms with E-state index in [2.05, 4.69) is 6.07 Å². The molecule has 0 spiro atoms. The van der Waals surface area contributed by atoms with Crippen LogP contribution in [-0.2, 0) is 11.2 Å². The van der Waals surface area contributed by atoms with Crippen LogP contribution in [0.2, 0.25) is 0 Å². The molecular weight excluding hydrogens is 190 g/mol. The molecule has 2 aliphatic carbocycles. The molecule has 0 aromatic heterocycles. The van der Waals surface area contributed by atoms with Crippen molar-refractivity contribution >= 4 is 5.97 Å². The van der Waals surface area contributed by atoms with E-state index in [9.17, 15) is 4.79 Å². The number of nitrogens with zero attached hydrogens (tertiary/aromatic N) is 1. The Hall–Kier alpha value is -1.82. The van der Waals surface area contributed by atoms with Gasteiger partial charge in [0.1, 0.15) is 0 Å². The van der Waals surface area contributed by atoms with Crippen LogP contribution in [0.3, 0.4) is 0 Å². The van der Waals surface area contributed by atoms with E-state index in [-0.39, 0.29) is 17.8 Å². The third-order valence-electron chi connectivity index (χ3n) is 3.54. The minimum absolute atomic E-state index is 0.176. The van der Waals surface area contributed by atoms with E-state index in [1.165, 1.54) is 5.56 Å². The highest BCUT2D eigenvalue weighted by Crippen LogP contribution is 2.61. The van der Waals surface area contributed by atoms with E-state index in [0.29, 0.717) is 5.56 Å². The van der Waals surface area contributed by atoms with Crippen LogP contribution >= 0.6 is 0 Å². The first-order valence-corrected chi connectivity index (χ1v) is 4.98. The summed E-state index contributed by atoms with van der Waals surface area (Å²) in [5, 5.41) is 17.7. The van der Waals surface area contributed by atoms with Gasteiger partial charge in [-0.2, -0.15) is 5.26 Å². The molecule has 0 aliphatic heterocycles. The van der Waals surface area contributed by atoms with Gasteiger partial charge in [-0.15, -0.1) is 0 Å². The Kier molecular flexibility index (Phi) is 1.47. The lowest BCUT2D eigenvalue weighted by Crippen LogP contribution is -2.05. The first-order chi connectivity index (χ1) is 7.22.